The van der Waals surface area contributed by atoms with Crippen LogP contribution in [0.15, 0.2) is 24.3 Å². The summed E-state index contributed by atoms with van der Waals surface area (Å²) in [5.74, 6) is -0.240. The van der Waals surface area contributed by atoms with Gasteiger partial charge in [0, 0.05) is 11.1 Å². The largest absolute Gasteiger partial charge is 0.465 e. The Morgan fingerprint density at radius 1 is 1.30 bits per heavy atom. The number of carbonyl (C=O) groups is 2. The highest BCUT2D eigenvalue weighted by atomic mass is 32.1. The summed E-state index contributed by atoms with van der Waals surface area (Å²) in [6.45, 7) is 5.63. The Labute approximate surface area is 159 Å². The molecule has 0 aliphatic heterocycles. The molecule has 0 radical (unpaired) electrons. The van der Waals surface area contributed by atoms with Crippen molar-refractivity contribution in [3.8, 4) is 11.4 Å². The molecule has 1 N–H and O–H groups in total. The fraction of sp³-hybridized carbons (Fsp3) is 0.294. The number of aromatic nitrogens is 5. The zero-order valence-electron chi connectivity index (χ0n) is 15.3. The van der Waals surface area contributed by atoms with E-state index in [0.29, 0.717) is 27.1 Å². The maximum atomic E-state index is 12.6. The Kier molecular flexibility index (Phi) is 5.26. The van der Waals surface area contributed by atoms with Crippen LogP contribution >= 0.6 is 11.3 Å². The maximum absolute atomic E-state index is 12.6. The zero-order valence-corrected chi connectivity index (χ0v) is 16.1. The van der Waals surface area contributed by atoms with E-state index in [-0.39, 0.29) is 11.9 Å². The molecule has 9 nitrogen and oxygen atoms in total. The van der Waals surface area contributed by atoms with Crippen LogP contribution < -0.4 is 5.32 Å². The Balaban J connectivity index is 1.84. The minimum absolute atomic E-state index is 0.0857. The normalized spacial score (nSPS) is 10.9. The van der Waals surface area contributed by atoms with Gasteiger partial charge in [-0.1, -0.05) is 23.5 Å². The van der Waals surface area contributed by atoms with Gasteiger partial charge >= 0.3 is 5.97 Å². The highest BCUT2D eigenvalue weighted by Gasteiger charge is 2.18. The quantitative estimate of drug-likeness (QED) is 0.671. The number of benzene rings is 1. The molecular weight excluding hydrogens is 368 g/mol. The summed E-state index contributed by atoms with van der Waals surface area (Å²) >= 11 is 1.07. The first kappa shape index (κ1) is 18.6. The predicted molar refractivity (Wildman–Crippen MR) is 99.8 cm³/mol. The third-order valence-electron chi connectivity index (χ3n) is 3.75. The molecule has 1 aromatic carbocycles. The number of nitrogens with one attached hydrogen (secondary N) is 1. The van der Waals surface area contributed by atoms with Gasteiger partial charge in [-0.25, -0.2) is 14.5 Å². The lowest BCUT2D eigenvalue weighted by Gasteiger charge is -2.08. The molecule has 3 aromatic rings. The second-order valence-corrected chi connectivity index (χ2v) is 7.00. The molecule has 0 spiro atoms. The summed E-state index contributed by atoms with van der Waals surface area (Å²) in [4.78, 5) is 28.8. The van der Waals surface area contributed by atoms with E-state index in [9.17, 15) is 9.59 Å². The lowest BCUT2D eigenvalue weighted by Crippen LogP contribution is -2.12. The summed E-state index contributed by atoms with van der Waals surface area (Å²) in [7, 11) is 1.30. The van der Waals surface area contributed by atoms with Crippen molar-refractivity contribution >= 4 is 28.3 Å². The van der Waals surface area contributed by atoms with Gasteiger partial charge in [0.2, 0.25) is 0 Å². The number of amides is 1. The van der Waals surface area contributed by atoms with Crippen LogP contribution in [0.2, 0.25) is 0 Å². The number of carbonyl (C=O) groups excluding carboxylic acids is 2. The molecule has 0 atom stereocenters. The molecule has 3 rings (SSSR count). The van der Waals surface area contributed by atoms with E-state index in [1.54, 1.807) is 29.8 Å². The predicted octanol–water partition coefficient (Wildman–Crippen LogP) is 2.72. The van der Waals surface area contributed by atoms with Crippen molar-refractivity contribution in [1.29, 1.82) is 0 Å². The molecule has 10 heteroatoms. The van der Waals surface area contributed by atoms with E-state index in [4.69, 9.17) is 4.74 Å². The average Bonchev–Trinajstić information content (AvgIpc) is 3.28. The molecule has 0 aliphatic rings. The molecule has 2 aromatic heterocycles. The summed E-state index contributed by atoms with van der Waals surface area (Å²) in [6, 6.07) is 7.08. The standard InChI is InChI=1S/C17H18N6O3S/c1-9(2)23-14(20-21-22-23)11-6-5-7-12(8-11)15(24)19-17-18-10(3)13(27-17)16(25)26-4/h5-9H,1-4H3,(H,18,19,24). The summed E-state index contributed by atoms with van der Waals surface area (Å²) in [5.41, 5.74) is 1.66. The molecule has 0 unspecified atom stereocenters. The van der Waals surface area contributed by atoms with E-state index in [1.807, 2.05) is 19.9 Å². The van der Waals surface area contributed by atoms with Gasteiger partial charge in [0.1, 0.15) is 4.88 Å². The van der Waals surface area contributed by atoms with Crippen LogP contribution in [0.3, 0.4) is 0 Å². The van der Waals surface area contributed by atoms with Gasteiger partial charge in [-0.15, -0.1) is 5.10 Å². The third-order valence-corrected chi connectivity index (χ3v) is 4.81. The molecule has 0 saturated heterocycles. The number of ether oxygens (including phenoxy) is 1. The van der Waals surface area contributed by atoms with E-state index < -0.39 is 5.97 Å². The molecule has 0 aliphatic carbocycles. The van der Waals surface area contributed by atoms with Gasteiger partial charge in [0.05, 0.1) is 18.8 Å². The van der Waals surface area contributed by atoms with Crippen molar-refractivity contribution in [3.05, 3.63) is 40.4 Å². The van der Waals surface area contributed by atoms with E-state index in [2.05, 4.69) is 25.8 Å². The van der Waals surface area contributed by atoms with Crippen molar-refractivity contribution in [2.75, 3.05) is 12.4 Å². The SMILES string of the molecule is COC(=O)c1sc(NC(=O)c2cccc(-c3nnnn3C(C)C)c2)nc1C. The van der Waals surface area contributed by atoms with E-state index in [0.717, 1.165) is 16.9 Å². The van der Waals surface area contributed by atoms with Crippen LogP contribution in [0.5, 0.6) is 0 Å². The number of hydrogen-bond acceptors (Lipinski definition) is 8. The number of rotatable bonds is 5. The minimum atomic E-state index is -0.479. The van der Waals surface area contributed by atoms with Gasteiger partial charge in [0.25, 0.3) is 5.91 Å². The lowest BCUT2D eigenvalue weighted by molar-refractivity contribution is 0.0605. The molecule has 0 fully saturated rings. The smallest absolute Gasteiger partial charge is 0.350 e. The van der Waals surface area contributed by atoms with Gasteiger partial charge in [-0.05, 0) is 43.3 Å². The van der Waals surface area contributed by atoms with Gasteiger partial charge in [-0.3, -0.25) is 10.1 Å². The molecule has 1 amide bonds. The fourth-order valence-electron chi connectivity index (χ4n) is 2.43. The third kappa shape index (κ3) is 3.85. The molecule has 0 bridgehead atoms. The van der Waals surface area contributed by atoms with Gasteiger partial charge < -0.3 is 4.74 Å². The molecule has 2 heterocycles. The summed E-state index contributed by atoms with van der Waals surface area (Å²) in [5, 5.41) is 14.8. The maximum Gasteiger partial charge on any atom is 0.350 e. The topological polar surface area (TPSA) is 112 Å². The molecule has 0 saturated carbocycles. The van der Waals surface area contributed by atoms with Crippen LogP contribution in [0.25, 0.3) is 11.4 Å². The number of nitrogens with zero attached hydrogens (tertiary/aromatic N) is 5. The average molecular weight is 386 g/mol. The van der Waals surface area contributed by atoms with Crippen LogP contribution in [-0.4, -0.2) is 44.2 Å². The van der Waals surface area contributed by atoms with Crippen LogP contribution in [0.4, 0.5) is 5.13 Å². The Hall–Kier alpha value is -3.14. The Bertz CT molecular complexity index is 994. The fourth-order valence-corrected chi connectivity index (χ4v) is 3.31. The molecule has 140 valence electrons. The number of anilines is 1. The first-order valence-corrected chi connectivity index (χ1v) is 8.97. The van der Waals surface area contributed by atoms with Crippen LogP contribution in [0.1, 0.15) is 45.6 Å². The lowest BCUT2D eigenvalue weighted by atomic mass is 10.1. The van der Waals surface area contributed by atoms with Gasteiger partial charge in [0.15, 0.2) is 11.0 Å². The number of esters is 1. The molecule has 27 heavy (non-hydrogen) atoms. The van der Waals surface area contributed by atoms with Crippen molar-refractivity contribution in [2.45, 2.75) is 26.8 Å². The van der Waals surface area contributed by atoms with Crippen molar-refractivity contribution in [3.63, 3.8) is 0 Å². The Morgan fingerprint density at radius 2 is 2.07 bits per heavy atom. The Morgan fingerprint density at radius 3 is 2.78 bits per heavy atom. The van der Waals surface area contributed by atoms with E-state index in [1.165, 1.54) is 7.11 Å². The summed E-state index contributed by atoms with van der Waals surface area (Å²) < 4.78 is 6.39. The zero-order chi connectivity index (χ0) is 19.6. The van der Waals surface area contributed by atoms with Crippen molar-refractivity contribution < 1.29 is 14.3 Å². The first-order valence-electron chi connectivity index (χ1n) is 8.16. The highest BCUT2D eigenvalue weighted by molar-refractivity contribution is 7.17. The molecular formula is C17H18N6O3S. The monoisotopic (exact) mass is 386 g/mol. The second kappa shape index (κ2) is 7.62. The number of tetrazole rings is 1. The first-order chi connectivity index (χ1) is 12.9. The van der Waals surface area contributed by atoms with Crippen molar-refractivity contribution in [2.24, 2.45) is 0 Å². The van der Waals surface area contributed by atoms with Crippen molar-refractivity contribution in [1.82, 2.24) is 25.2 Å². The number of aryl methyl sites for hydroxylation is 1. The highest BCUT2D eigenvalue weighted by Crippen LogP contribution is 2.25. The number of methoxy groups -OCH3 is 1. The van der Waals surface area contributed by atoms with Crippen LogP contribution in [0, 0.1) is 6.92 Å². The number of hydrogen-bond donors (Lipinski definition) is 1. The van der Waals surface area contributed by atoms with Gasteiger partial charge in [-0.2, -0.15) is 0 Å². The second-order valence-electron chi connectivity index (χ2n) is 6.00. The summed E-state index contributed by atoms with van der Waals surface area (Å²) in [6.07, 6.45) is 0. The number of thiazole rings is 1. The minimum Gasteiger partial charge on any atom is -0.465 e. The van der Waals surface area contributed by atoms with Crippen LogP contribution in [-0.2, 0) is 4.74 Å². The van der Waals surface area contributed by atoms with E-state index >= 15 is 0 Å².